The summed E-state index contributed by atoms with van der Waals surface area (Å²) in [4.78, 5) is 24.3. The number of benzene rings is 2. The first-order chi connectivity index (χ1) is 14.3. The molecule has 4 nitrogen and oxygen atoms in total. The largest absolute Gasteiger partial charge is 0.467 e. The number of alkyl halides is 6. The van der Waals surface area contributed by atoms with E-state index in [0.29, 0.717) is 22.7 Å². The number of amides is 1. The molecular formula is C20H16ClF6NO3. The summed E-state index contributed by atoms with van der Waals surface area (Å²) in [5.41, 5.74) is -2.97. The Labute approximate surface area is 178 Å². The van der Waals surface area contributed by atoms with Crippen LogP contribution < -0.4 is 5.32 Å². The minimum Gasteiger partial charge on any atom is -0.467 e. The molecule has 2 rings (SSSR count). The molecule has 0 radical (unpaired) electrons. The van der Waals surface area contributed by atoms with Crippen LogP contribution in [0.1, 0.15) is 22.3 Å². The molecule has 0 fully saturated rings. The average Bonchev–Trinajstić information content (AvgIpc) is 2.66. The highest BCUT2D eigenvalue weighted by Gasteiger charge is 2.37. The van der Waals surface area contributed by atoms with E-state index >= 15 is 0 Å². The standard InChI is InChI=1S/C20H16ClF6NO3/c1-31-18(30)16(8-11-2-4-15(21)5-3-11)28-17(29)9-12-6-13(19(22,23)24)10-14(7-12)20(25,26)27/h2-7,10,16H,8-9H2,1H3,(H,28,29)/t16-/m1/s1. The number of carbonyl (C=O) groups excluding carboxylic acids is 2. The van der Waals surface area contributed by atoms with Gasteiger partial charge in [0.25, 0.3) is 0 Å². The second-order valence-corrected chi connectivity index (χ2v) is 7.00. The molecule has 0 aliphatic rings. The minimum atomic E-state index is -5.03. The van der Waals surface area contributed by atoms with Gasteiger partial charge in [-0.05, 0) is 41.5 Å². The van der Waals surface area contributed by atoms with E-state index in [1.54, 1.807) is 24.3 Å². The van der Waals surface area contributed by atoms with Gasteiger partial charge >= 0.3 is 18.3 Å². The lowest BCUT2D eigenvalue weighted by atomic mass is 10.0. The minimum absolute atomic E-state index is 0.0219. The highest BCUT2D eigenvalue weighted by atomic mass is 35.5. The zero-order valence-electron chi connectivity index (χ0n) is 15.9. The smallest absolute Gasteiger partial charge is 0.416 e. The van der Waals surface area contributed by atoms with Crippen molar-refractivity contribution in [2.24, 2.45) is 0 Å². The SMILES string of the molecule is COC(=O)[C@@H](Cc1ccc(Cl)cc1)NC(=O)Cc1cc(C(F)(F)F)cc(C(F)(F)F)c1. The molecule has 31 heavy (non-hydrogen) atoms. The summed E-state index contributed by atoms with van der Waals surface area (Å²) in [7, 11) is 1.08. The van der Waals surface area contributed by atoms with Crippen LogP contribution in [0.5, 0.6) is 0 Å². The average molecular weight is 468 g/mol. The molecule has 1 atom stereocenters. The molecule has 0 spiro atoms. The summed E-state index contributed by atoms with van der Waals surface area (Å²) in [5, 5.41) is 2.72. The predicted molar refractivity (Wildman–Crippen MR) is 99.3 cm³/mol. The second kappa shape index (κ2) is 9.59. The van der Waals surface area contributed by atoms with E-state index in [2.05, 4.69) is 10.1 Å². The molecule has 2 aromatic rings. The normalized spacial score (nSPS) is 12.9. The monoisotopic (exact) mass is 467 g/mol. The first-order valence-corrected chi connectivity index (χ1v) is 9.07. The Hall–Kier alpha value is -2.75. The van der Waals surface area contributed by atoms with Crippen molar-refractivity contribution in [3.8, 4) is 0 Å². The fourth-order valence-electron chi connectivity index (χ4n) is 2.74. The van der Waals surface area contributed by atoms with Crippen LogP contribution in [0.2, 0.25) is 5.02 Å². The summed E-state index contributed by atoms with van der Waals surface area (Å²) < 4.78 is 82.4. The van der Waals surface area contributed by atoms with Gasteiger partial charge < -0.3 is 10.1 Å². The van der Waals surface area contributed by atoms with Crippen molar-refractivity contribution in [3.05, 3.63) is 69.7 Å². The third kappa shape index (κ3) is 7.16. The maximum Gasteiger partial charge on any atom is 0.416 e. The van der Waals surface area contributed by atoms with Crippen molar-refractivity contribution >= 4 is 23.5 Å². The van der Waals surface area contributed by atoms with Gasteiger partial charge in [0.2, 0.25) is 5.91 Å². The molecule has 2 aromatic carbocycles. The Kier molecular flexibility index (Phi) is 7.58. The van der Waals surface area contributed by atoms with E-state index in [9.17, 15) is 35.9 Å². The molecule has 0 aromatic heterocycles. The Bertz CT molecular complexity index is 909. The first kappa shape index (κ1) is 24.5. The van der Waals surface area contributed by atoms with Crippen molar-refractivity contribution in [3.63, 3.8) is 0 Å². The molecule has 0 saturated carbocycles. The van der Waals surface area contributed by atoms with Crippen molar-refractivity contribution in [1.29, 1.82) is 0 Å². The summed E-state index contributed by atoms with van der Waals surface area (Å²) in [5.74, 6) is -1.78. The third-order valence-corrected chi connectivity index (χ3v) is 4.44. The van der Waals surface area contributed by atoms with Gasteiger partial charge in [-0.2, -0.15) is 26.3 Å². The molecule has 168 valence electrons. The van der Waals surface area contributed by atoms with Gasteiger partial charge in [0.05, 0.1) is 24.7 Å². The number of carbonyl (C=O) groups is 2. The third-order valence-electron chi connectivity index (χ3n) is 4.19. The van der Waals surface area contributed by atoms with E-state index in [1.807, 2.05) is 0 Å². The van der Waals surface area contributed by atoms with Gasteiger partial charge in [0.1, 0.15) is 6.04 Å². The number of rotatable bonds is 6. The van der Waals surface area contributed by atoms with Gasteiger partial charge in [-0.25, -0.2) is 4.79 Å². The van der Waals surface area contributed by atoms with Gasteiger partial charge in [0, 0.05) is 11.4 Å². The van der Waals surface area contributed by atoms with Crippen LogP contribution in [0.15, 0.2) is 42.5 Å². The van der Waals surface area contributed by atoms with E-state index in [0.717, 1.165) is 7.11 Å². The van der Waals surface area contributed by atoms with Gasteiger partial charge in [-0.1, -0.05) is 23.7 Å². The predicted octanol–water partition coefficient (Wildman–Crippen LogP) is 4.82. The van der Waals surface area contributed by atoms with Crippen molar-refractivity contribution in [2.45, 2.75) is 31.2 Å². The topological polar surface area (TPSA) is 55.4 Å². The van der Waals surface area contributed by atoms with Crippen molar-refractivity contribution < 1.29 is 40.7 Å². The number of halogens is 7. The van der Waals surface area contributed by atoms with Gasteiger partial charge in [0.15, 0.2) is 0 Å². The molecule has 0 saturated heterocycles. The summed E-state index contributed by atoms with van der Waals surface area (Å²) in [6, 6.07) is 5.97. The fourth-order valence-corrected chi connectivity index (χ4v) is 2.87. The lowest BCUT2D eigenvalue weighted by Gasteiger charge is -2.18. The van der Waals surface area contributed by atoms with Crippen LogP contribution in [0, 0.1) is 0 Å². The van der Waals surface area contributed by atoms with E-state index in [1.165, 1.54) is 0 Å². The molecule has 0 aliphatic heterocycles. The Balaban J connectivity index is 2.23. The molecule has 1 amide bonds. The zero-order chi connectivity index (χ0) is 23.4. The van der Waals surface area contributed by atoms with Crippen LogP contribution in [0.25, 0.3) is 0 Å². The van der Waals surface area contributed by atoms with Crippen LogP contribution >= 0.6 is 11.6 Å². The second-order valence-electron chi connectivity index (χ2n) is 6.56. The summed E-state index contributed by atoms with van der Waals surface area (Å²) in [6.07, 6.45) is -10.9. The Morgan fingerprint density at radius 1 is 0.935 bits per heavy atom. The lowest BCUT2D eigenvalue weighted by Crippen LogP contribution is -2.43. The molecule has 11 heteroatoms. The Morgan fingerprint density at radius 3 is 1.90 bits per heavy atom. The quantitative estimate of drug-likeness (QED) is 0.489. The van der Waals surface area contributed by atoms with Crippen LogP contribution in [-0.4, -0.2) is 25.0 Å². The number of methoxy groups -OCH3 is 1. The first-order valence-electron chi connectivity index (χ1n) is 8.69. The van der Waals surface area contributed by atoms with Crippen molar-refractivity contribution in [1.82, 2.24) is 5.32 Å². The number of ether oxygens (including phenoxy) is 1. The van der Waals surface area contributed by atoms with E-state index in [4.69, 9.17) is 11.6 Å². The number of hydrogen-bond donors (Lipinski definition) is 1. The van der Waals surface area contributed by atoms with Crippen LogP contribution in [0.3, 0.4) is 0 Å². The highest BCUT2D eigenvalue weighted by Crippen LogP contribution is 2.36. The molecule has 0 aliphatic carbocycles. The lowest BCUT2D eigenvalue weighted by molar-refractivity contribution is -0.145. The Morgan fingerprint density at radius 2 is 1.45 bits per heavy atom. The summed E-state index contributed by atoms with van der Waals surface area (Å²) in [6.45, 7) is 0. The zero-order valence-corrected chi connectivity index (χ0v) is 16.7. The van der Waals surface area contributed by atoms with Crippen LogP contribution in [-0.2, 0) is 39.5 Å². The fraction of sp³-hybridized carbons (Fsp3) is 0.300. The van der Waals surface area contributed by atoms with Gasteiger partial charge in [-0.15, -0.1) is 0 Å². The molecule has 1 N–H and O–H groups in total. The highest BCUT2D eigenvalue weighted by molar-refractivity contribution is 6.30. The van der Waals surface area contributed by atoms with Gasteiger partial charge in [-0.3, -0.25) is 4.79 Å². The molecule has 0 unspecified atom stereocenters. The number of esters is 1. The molecular weight excluding hydrogens is 452 g/mol. The number of nitrogens with one attached hydrogen (secondary N) is 1. The van der Waals surface area contributed by atoms with Crippen molar-refractivity contribution in [2.75, 3.05) is 7.11 Å². The maximum atomic E-state index is 13.0. The van der Waals surface area contributed by atoms with Crippen LogP contribution in [0.4, 0.5) is 26.3 Å². The van der Waals surface area contributed by atoms with E-state index in [-0.39, 0.29) is 12.5 Å². The molecule has 0 heterocycles. The maximum absolute atomic E-state index is 13.0. The summed E-state index contributed by atoms with van der Waals surface area (Å²) >= 11 is 5.78. The van der Waals surface area contributed by atoms with E-state index < -0.39 is 53.4 Å². The molecule has 0 bridgehead atoms. The number of hydrogen-bond acceptors (Lipinski definition) is 3.